The summed E-state index contributed by atoms with van der Waals surface area (Å²) in [4.78, 5) is 20.3. The summed E-state index contributed by atoms with van der Waals surface area (Å²) in [5.74, 6) is 3.01. The van der Waals surface area contributed by atoms with E-state index in [0.717, 1.165) is 51.3 Å². The van der Waals surface area contributed by atoms with Crippen LogP contribution in [0.1, 0.15) is 22.7 Å². The molecule has 1 aliphatic rings. The molecule has 1 aliphatic carbocycles. The van der Waals surface area contributed by atoms with Crippen LogP contribution in [0.25, 0.3) is 67.9 Å². The van der Waals surface area contributed by atoms with Crippen molar-refractivity contribution in [3.63, 3.8) is 0 Å². The predicted molar refractivity (Wildman–Crippen MR) is 199 cm³/mol. The molecule has 0 amide bonds. The second kappa shape index (κ2) is 11.5. The normalized spacial score (nSPS) is 13.7. The standard InChI is InChI=1S/C44H30N6/c1-4-15-29(16-5-1)41-46-42(30-17-6-2-7-18-30)48-43(47-41)32-20-14-19-31(27-32)36-28-39-40(35-24-11-10-23-34(35)36)45-44-49(33-21-8-3-9-22-33)37-25-12-13-26-38(37)50(39)44/h1-27,36H,28H2. The minimum absolute atomic E-state index is 0.112. The average Bonchev–Trinajstić information content (AvgIpc) is 3.73. The zero-order chi connectivity index (χ0) is 33.0. The van der Waals surface area contributed by atoms with Crippen LogP contribution in [0.4, 0.5) is 0 Å². The minimum atomic E-state index is 0.112. The van der Waals surface area contributed by atoms with Crippen LogP contribution in [0, 0.1) is 0 Å². The number of imidazole rings is 2. The first-order valence-electron chi connectivity index (χ1n) is 16.9. The third-order valence-corrected chi connectivity index (χ3v) is 9.77. The van der Waals surface area contributed by atoms with Gasteiger partial charge in [-0.15, -0.1) is 0 Å². The molecule has 1 atom stereocenters. The molecule has 6 heteroatoms. The van der Waals surface area contributed by atoms with Gasteiger partial charge in [0.15, 0.2) is 17.5 Å². The molecule has 0 aliphatic heterocycles. The molecule has 9 aromatic rings. The molecule has 0 N–H and O–H groups in total. The van der Waals surface area contributed by atoms with Gasteiger partial charge in [-0.1, -0.05) is 133 Å². The maximum absolute atomic E-state index is 5.38. The van der Waals surface area contributed by atoms with Crippen LogP contribution in [0.15, 0.2) is 164 Å². The smallest absolute Gasteiger partial charge is 0.220 e. The fourth-order valence-corrected chi connectivity index (χ4v) is 7.48. The molecule has 3 heterocycles. The third kappa shape index (κ3) is 4.57. The Morgan fingerprint density at radius 3 is 1.74 bits per heavy atom. The van der Waals surface area contributed by atoms with Crippen molar-refractivity contribution in [1.82, 2.24) is 28.9 Å². The second-order valence-corrected chi connectivity index (χ2v) is 12.7. The van der Waals surface area contributed by atoms with Gasteiger partial charge < -0.3 is 0 Å². The summed E-state index contributed by atoms with van der Waals surface area (Å²) >= 11 is 0. The number of hydrogen-bond acceptors (Lipinski definition) is 4. The lowest BCUT2D eigenvalue weighted by Gasteiger charge is -2.26. The molecule has 10 rings (SSSR count). The van der Waals surface area contributed by atoms with E-state index in [-0.39, 0.29) is 5.92 Å². The van der Waals surface area contributed by atoms with Gasteiger partial charge in [0.05, 0.1) is 22.4 Å². The molecule has 0 saturated heterocycles. The summed E-state index contributed by atoms with van der Waals surface area (Å²) in [5.41, 5.74) is 12.2. The fourth-order valence-electron chi connectivity index (χ4n) is 7.48. The highest BCUT2D eigenvalue weighted by atomic mass is 15.2. The van der Waals surface area contributed by atoms with Gasteiger partial charge in [0.25, 0.3) is 0 Å². The fraction of sp³-hybridized carbons (Fsp3) is 0.0455. The van der Waals surface area contributed by atoms with Gasteiger partial charge in [-0.2, -0.15) is 0 Å². The number of benzene rings is 6. The molecule has 0 bridgehead atoms. The molecular weight excluding hydrogens is 613 g/mol. The topological polar surface area (TPSA) is 60.9 Å². The molecule has 0 radical (unpaired) electrons. The van der Waals surface area contributed by atoms with E-state index in [9.17, 15) is 0 Å². The number of aromatic nitrogens is 6. The lowest BCUT2D eigenvalue weighted by Crippen LogP contribution is -2.14. The molecule has 3 aromatic heterocycles. The number of fused-ring (bicyclic) bond motifs is 7. The zero-order valence-corrected chi connectivity index (χ0v) is 27.1. The van der Waals surface area contributed by atoms with Gasteiger partial charge in [0.2, 0.25) is 5.78 Å². The maximum atomic E-state index is 5.38. The van der Waals surface area contributed by atoms with Crippen LogP contribution < -0.4 is 0 Å². The number of rotatable bonds is 5. The van der Waals surface area contributed by atoms with Crippen molar-refractivity contribution in [1.29, 1.82) is 0 Å². The Morgan fingerprint density at radius 2 is 1.04 bits per heavy atom. The molecule has 0 spiro atoms. The molecule has 0 fully saturated rings. The monoisotopic (exact) mass is 642 g/mol. The molecule has 1 unspecified atom stereocenters. The summed E-state index contributed by atoms with van der Waals surface area (Å²) in [6.45, 7) is 0. The summed E-state index contributed by atoms with van der Waals surface area (Å²) in [6, 6.07) is 56.8. The first kappa shape index (κ1) is 28.4. The van der Waals surface area contributed by atoms with E-state index < -0.39 is 0 Å². The van der Waals surface area contributed by atoms with E-state index in [1.165, 1.54) is 22.4 Å². The first-order chi connectivity index (χ1) is 24.8. The Morgan fingerprint density at radius 1 is 0.480 bits per heavy atom. The number of hydrogen-bond donors (Lipinski definition) is 0. The summed E-state index contributed by atoms with van der Waals surface area (Å²) in [6.07, 6.45) is 0.807. The Kier molecular flexibility index (Phi) is 6.52. The van der Waals surface area contributed by atoms with E-state index in [1.807, 2.05) is 60.7 Å². The first-order valence-corrected chi connectivity index (χ1v) is 16.9. The summed E-state index contributed by atoms with van der Waals surface area (Å²) in [7, 11) is 0. The van der Waals surface area contributed by atoms with Crippen molar-refractivity contribution < 1.29 is 0 Å². The van der Waals surface area contributed by atoms with Crippen molar-refractivity contribution >= 4 is 16.8 Å². The van der Waals surface area contributed by atoms with Crippen LogP contribution >= 0.6 is 0 Å². The molecule has 6 nitrogen and oxygen atoms in total. The summed E-state index contributed by atoms with van der Waals surface area (Å²) < 4.78 is 4.65. The van der Waals surface area contributed by atoms with Crippen LogP contribution in [-0.2, 0) is 6.42 Å². The highest BCUT2D eigenvalue weighted by molar-refractivity contribution is 5.87. The summed E-state index contributed by atoms with van der Waals surface area (Å²) in [5, 5.41) is 0. The Bertz CT molecular complexity index is 2620. The highest BCUT2D eigenvalue weighted by Gasteiger charge is 2.32. The molecule has 50 heavy (non-hydrogen) atoms. The maximum Gasteiger partial charge on any atom is 0.220 e. The largest absolute Gasteiger partial charge is 0.280 e. The second-order valence-electron chi connectivity index (χ2n) is 12.7. The number of para-hydroxylation sites is 3. The van der Waals surface area contributed by atoms with E-state index in [2.05, 4.69) is 112 Å². The quantitative estimate of drug-likeness (QED) is 0.188. The molecule has 0 saturated carbocycles. The lowest BCUT2D eigenvalue weighted by molar-refractivity contribution is 0.768. The Balaban J connectivity index is 1.13. The van der Waals surface area contributed by atoms with Gasteiger partial charge in [-0.3, -0.25) is 8.97 Å². The van der Waals surface area contributed by atoms with Crippen molar-refractivity contribution in [3.8, 4) is 51.1 Å². The van der Waals surface area contributed by atoms with Crippen molar-refractivity contribution in [3.05, 3.63) is 181 Å². The van der Waals surface area contributed by atoms with E-state index in [4.69, 9.17) is 19.9 Å². The van der Waals surface area contributed by atoms with Crippen LogP contribution in [0.5, 0.6) is 0 Å². The molecule has 6 aromatic carbocycles. The van der Waals surface area contributed by atoms with Gasteiger partial charge in [0.1, 0.15) is 0 Å². The van der Waals surface area contributed by atoms with E-state index in [0.29, 0.717) is 17.5 Å². The Labute approximate surface area is 289 Å². The van der Waals surface area contributed by atoms with Crippen molar-refractivity contribution in [2.24, 2.45) is 0 Å². The van der Waals surface area contributed by atoms with E-state index in [1.54, 1.807) is 0 Å². The molecular formula is C44H30N6. The lowest BCUT2D eigenvalue weighted by atomic mass is 9.79. The van der Waals surface area contributed by atoms with Crippen LogP contribution in [0.3, 0.4) is 0 Å². The van der Waals surface area contributed by atoms with Gasteiger partial charge in [-0.05, 0) is 41.5 Å². The molecule has 236 valence electrons. The predicted octanol–water partition coefficient (Wildman–Crippen LogP) is 9.82. The zero-order valence-electron chi connectivity index (χ0n) is 27.1. The van der Waals surface area contributed by atoms with Crippen LogP contribution in [-0.4, -0.2) is 28.9 Å². The van der Waals surface area contributed by atoms with Crippen molar-refractivity contribution in [2.45, 2.75) is 12.3 Å². The SMILES string of the molecule is c1ccc(-c2nc(-c3ccccc3)nc(-c3cccc(C4Cc5c(nc6n(-c7ccccc7)c7ccccc7n56)-c5ccccc54)c3)n2)cc1. The van der Waals surface area contributed by atoms with Crippen molar-refractivity contribution in [2.75, 3.05) is 0 Å². The average molecular weight is 643 g/mol. The highest BCUT2D eigenvalue weighted by Crippen LogP contribution is 2.44. The third-order valence-electron chi connectivity index (χ3n) is 9.77. The van der Waals surface area contributed by atoms with Crippen LogP contribution in [0.2, 0.25) is 0 Å². The number of nitrogens with zero attached hydrogens (tertiary/aromatic N) is 6. The van der Waals surface area contributed by atoms with Gasteiger partial charge in [-0.25, -0.2) is 19.9 Å². The van der Waals surface area contributed by atoms with Gasteiger partial charge in [0, 0.05) is 40.3 Å². The van der Waals surface area contributed by atoms with Gasteiger partial charge >= 0.3 is 0 Å². The van der Waals surface area contributed by atoms with E-state index >= 15 is 0 Å². The minimum Gasteiger partial charge on any atom is -0.280 e. The Hall–Kier alpha value is -6.66.